The molecular weight excluding hydrogens is 167 g/mol. The second-order valence-electron chi connectivity index (χ2n) is 4.73. The van der Waals surface area contributed by atoms with Crippen LogP contribution in [0.4, 0.5) is 4.39 Å². The average Bonchev–Trinajstić information content (AvgIpc) is 2.04. The summed E-state index contributed by atoms with van der Waals surface area (Å²) in [5.74, 6) is 0. The largest absolute Gasteiger partial charge is 0.298 e. The van der Waals surface area contributed by atoms with Gasteiger partial charge in [0.25, 0.3) is 0 Å². The molecule has 0 bridgehead atoms. The van der Waals surface area contributed by atoms with Gasteiger partial charge in [0.15, 0.2) is 5.67 Å². The van der Waals surface area contributed by atoms with Crippen LogP contribution >= 0.6 is 0 Å². The van der Waals surface area contributed by atoms with E-state index in [0.717, 1.165) is 0 Å². The van der Waals surface area contributed by atoms with E-state index < -0.39 is 5.67 Å². The molecule has 0 aliphatic carbocycles. The van der Waals surface area contributed by atoms with Crippen LogP contribution in [0.3, 0.4) is 0 Å². The van der Waals surface area contributed by atoms with Crippen LogP contribution in [-0.4, -0.2) is 29.2 Å². The molecule has 0 atom stereocenters. The molecule has 0 aromatic carbocycles. The zero-order valence-corrected chi connectivity index (χ0v) is 8.60. The molecule has 0 saturated carbocycles. The van der Waals surface area contributed by atoms with Gasteiger partial charge in [-0.2, -0.15) is 5.26 Å². The van der Waals surface area contributed by atoms with Gasteiger partial charge in [0.2, 0.25) is 0 Å². The molecule has 0 aromatic rings. The van der Waals surface area contributed by atoms with E-state index in [1.165, 1.54) is 0 Å². The number of hydrogen-bond donors (Lipinski definition) is 0. The molecule has 1 saturated heterocycles. The van der Waals surface area contributed by atoms with Crippen molar-refractivity contribution in [2.45, 2.75) is 44.8 Å². The third kappa shape index (κ3) is 2.41. The van der Waals surface area contributed by atoms with Crippen molar-refractivity contribution < 1.29 is 4.39 Å². The Labute approximate surface area is 79.3 Å². The lowest BCUT2D eigenvalue weighted by Gasteiger charge is -2.41. The third-order valence-corrected chi connectivity index (χ3v) is 2.71. The number of alkyl halides is 1. The van der Waals surface area contributed by atoms with Crippen LogP contribution in [0.2, 0.25) is 0 Å². The van der Waals surface area contributed by atoms with Crippen LogP contribution in [0.25, 0.3) is 0 Å². The first kappa shape index (κ1) is 10.5. The molecule has 0 N–H and O–H groups in total. The van der Waals surface area contributed by atoms with Crippen LogP contribution in [0.1, 0.15) is 33.6 Å². The number of nitriles is 1. The molecule has 1 heterocycles. The van der Waals surface area contributed by atoms with Crippen molar-refractivity contribution in [1.82, 2.24) is 4.90 Å². The predicted molar refractivity (Wildman–Crippen MR) is 50.0 cm³/mol. The summed E-state index contributed by atoms with van der Waals surface area (Å²) >= 11 is 0. The molecule has 1 aliphatic rings. The minimum atomic E-state index is -1.57. The fourth-order valence-corrected chi connectivity index (χ4v) is 1.64. The first-order valence-corrected chi connectivity index (χ1v) is 4.73. The van der Waals surface area contributed by atoms with Gasteiger partial charge in [0.1, 0.15) is 6.07 Å². The molecule has 1 fully saturated rings. The molecule has 0 aromatic heterocycles. The Hall–Kier alpha value is -0.620. The third-order valence-electron chi connectivity index (χ3n) is 2.71. The van der Waals surface area contributed by atoms with Crippen molar-refractivity contribution >= 4 is 0 Å². The fraction of sp³-hybridized carbons (Fsp3) is 0.900. The number of likely N-dealkylation sites (tertiary alicyclic amines) is 1. The Kier molecular flexibility index (Phi) is 2.63. The highest BCUT2D eigenvalue weighted by Gasteiger charge is 2.37. The van der Waals surface area contributed by atoms with Gasteiger partial charge in [0, 0.05) is 31.5 Å². The van der Waals surface area contributed by atoms with E-state index >= 15 is 0 Å². The van der Waals surface area contributed by atoms with Crippen LogP contribution in [-0.2, 0) is 0 Å². The van der Waals surface area contributed by atoms with Crippen LogP contribution in [0, 0.1) is 11.3 Å². The van der Waals surface area contributed by atoms with Gasteiger partial charge in [0.05, 0.1) is 0 Å². The normalized spacial score (nSPS) is 23.9. The van der Waals surface area contributed by atoms with Crippen molar-refractivity contribution in [1.29, 1.82) is 5.26 Å². The Balaban J connectivity index is 2.54. The first-order valence-electron chi connectivity index (χ1n) is 4.73. The van der Waals surface area contributed by atoms with Crippen LogP contribution < -0.4 is 0 Å². The van der Waals surface area contributed by atoms with E-state index in [-0.39, 0.29) is 5.54 Å². The lowest BCUT2D eigenvalue weighted by atomic mass is 9.92. The molecule has 0 radical (unpaired) electrons. The molecule has 13 heavy (non-hydrogen) atoms. The predicted octanol–water partition coefficient (Wildman–Crippen LogP) is 2.11. The van der Waals surface area contributed by atoms with Gasteiger partial charge in [-0.15, -0.1) is 0 Å². The highest BCUT2D eigenvalue weighted by Crippen LogP contribution is 2.29. The van der Waals surface area contributed by atoms with Crippen molar-refractivity contribution in [3.63, 3.8) is 0 Å². The standard InChI is InChI=1S/C10H17FN2/c1-9(2,3)13-6-4-10(11,8-12)5-7-13/h4-7H2,1-3H3. The van der Waals surface area contributed by atoms with Gasteiger partial charge >= 0.3 is 0 Å². The van der Waals surface area contributed by atoms with E-state index in [4.69, 9.17) is 5.26 Å². The molecule has 0 amide bonds. The van der Waals surface area contributed by atoms with Gasteiger partial charge in [-0.25, -0.2) is 4.39 Å². The zero-order valence-electron chi connectivity index (χ0n) is 8.60. The maximum Gasteiger partial charge on any atom is 0.198 e. The summed E-state index contributed by atoms with van der Waals surface area (Å²) in [5.41, 5.74) is -1.47. The maximum atomic E-state index is 13.5. The van der Waals surface area contributed by atoms with Crippen molar-refractivity contribution in [3.05, 3.63) is 0 Å². The van der Waals surface area contributed by atoms with Crippen molar-refractivity contribution in [2.75, 3.05) is 13.1 Å². The Morgan fingerprint density at radius 1 is 1.31 bits per heavy atom. The van der Waals surface area contributed by atoms with Crippen LogP contribution in [0.5, 0.6) is 0 Å². The van der Waals surface area contributed by atoms with Gasteiger partial charge < -0.3 is 0 Å². The highest BCUT2D eigenvalue weighted by atomic mass is 19.1. The molecule has 74 valence electrons. The first-order chi connectivity index (χ1) is 5.87. The second kappa shape index (κ2) is 3.26. The Bertz CT molecular complexity index is 216. The van der Waals surface area contributed by atoms with Gasteiger partial charge in [-0.05, 0) is 20.8 Å². The molecule has 0 unspecified atom stereocenters. The summed E-state index contributed by atoms with van der Waals surface area (Å²) in [6, 6.07) is 1.76. The molecule has 1 rings (SSSR count). The lowest BCUT2D eigenvalue weighted by molar-refractivity contribution is 0.0463. The quantitative estimate of drug-likeness (QED) is 0.576. The van der Waals surface area contributed by atoms with Crippen molar-refractivity contribution in [2.24, 2.45) is 0 Å². The molecular formula is C10H17FN2. The SMILES string of the molecule is CC(C)(C)N1CCC(F)(C#N)CC1. The summed E-state index contributed by atoms with van der Waals surface area (Å²) in [4.78, 5) is 2.22. The number of nitrogens with zero attached hydrogens (tertiary/aromatic N) is 2. The summed E-state index contributed by atoms with van der Waals surface area (Å²) in [6.45, 7) is 7.72. The number of piperidine rings is 1. The topological polar surface area (TPSA) is 27.0 Å². The van der Waals surface area contributed by atoms with E-state index in [0.29, 0.717) is 25.9 Å². The van der Waals surface area contributed by atoms with Crippen molar-refractivity contribution in [3.8, 4) is 6.07 Å². The Morgan fingerprint density at radius 3 is 2.08 bits per heavy atom. The minimum Gasteiger partial charge on any atom is -0.298 e. The number of hydrogen-bond acceptors (Lipinski definition) is 2. The Morgan fingerprint density at radius 2 is 1.77 bits per heavy atom. The minimum absolute atomic E-state index is 0.0940. The summed E-state index contributed by atoms with van der Waals surface area (Å²) < 4.78 is 13.5. The van der Waals surface area contributed by atoms with E-state index in [1.54, 1.807) is 6.07 Å². The molecule has 1 aliphatic heterocycles. The summed E-state index contributed by atoms with van der Waals surface area (Å²) in [6.07, 6.45) is 0.696. The van der Waals surface area contributed by atoms with E-state index in [2.05, 4.69) is 25.7 Å². The molecule has 0 spiro atoms. The van der Waals surface area contributed by atoms with E-state index in [9.17, 15) is 4.39 Å². The van der Waals surface area contributed by atoms with E-state index in [1.807, 2.05) is 0 Å². The highest BCUT2D eigenvalue weighted by molar-refractivity contribution is 5.04. The number of halogens is 1. The monoisotopic (exact) mass is 184 g/mol. The summed E-state index contributed by atoms with van der Waals surface area (Å²) in [7, 11) is 0. The average molecular weight is 184 g/mol. The molecule has 3 heteroatoms. The smallest absolute Gasteiger partial charge is 0.198 e. The fourth-order valence-electron chi connectivity index (χ4n) is 1.64. The van der Waals surface area contributed by atoms with Crippen LogP contribution in [0.15, 0.2) is 0 Å². The van der Waals surface area contributed by atoms with Gasteiger partial charge in [-0.3, -0.25) is 4.90 Å². The summed E-state index contributed by atoms with van der Waals surface area (Å²) in [5, 5.41) is 8.60. The number of rotatable bonds is 0. The van der Waals surface area contributed by atoms with Gasteiger partial charge in [-0.1, -0.05) is 0 Å². The lowest BCUT2D eigenvalue weighted by Crippen LogP contribution is -2.49. The maximum absolute atomic E-state index is 13.5. The second-order valence-corrected chi connectivity index (χ2v) is 4.73. The molecule has 2 nitrogen and oxygen atoms in total. The zero-order chi connectivity index (χ0) is 10.1.